The number of alkyl halides is 2. The van der Waals surface area contributed by atoms with Crippen LogP contribution in [-0.4, -0.2) is 20.9 Å². The van der Waals surface area contributed by atoms with Crippen molar-refractivity contribution in [3.05, 3.63) is 89.2 Å². The number of rotatable bonds is 8. The average molecular weight is 464 g/mol. The number of benzene rings is 3. The van der Waals surface area contributed by atoms with Gasteiger partial charge in [0.1, 0.15) is 11.6 Å². The summed E-state index contributed by atoms with van der Waals surface area (Å²) < 4.78 is 70.3. The van der Waals surface area contributed by atoms with Gasteiger partial charge in [0.25, 0.3) is 15.9 Å². The van der Waals surface area contributed by atoms with Crippen molar-refractivity contribution >= 4 is 21.6 Å². The van der Waals surface area contributed by atoms with Gasteiger partial charge in [-0.1, -0.05) is 24.3 Å². The quantitative estimate of drug-likeness (QED) is 0.515. The van der Waals surface area contributed by atoms with Crippen LogP contribution in [-0.2, 0) is 16.6 Å². The highest BCUT2D eigenvalue weighted by atomic mass is 32.2. The van der Waals surface area contributed by atoms with Gasteiger partial charge in [-0.3, -0.25) is 9.52 Å². The molecule has 0 aliphatic heterocycles. The van der Waals surface area contributed by atoms with Crippen molar-refractivity contribution in [2.24, 2.45) is 0 Å². The maximum atomic E-state index is 13.0. The number of hydrogen-bond donors (Lipinski definition) is 2. The molecule has 10 heteroatoms. The fourth-order valence-electron chi connectivity index (χ4n) is 2.88. The number of halogens is 3. The largest absolute Gasteiger partial charge is 0.434 e. The van der Waals surface area contributed by atoms with Crippen LogP contribution in [0.4, 0.5) is 18.9 Å². The molecule has 1 amide bonds. The first-order valence-corrected chi connectivity index (χ1v) is 10.8. The van der Waals surface area contributed by atoms with Gasteiger partial charge in [0, 0.05) is 23.4 Å². The summed E-state index contributed by atoms with van der Waals surface area (Å²) in [5, 5.41) is 2.58. The third-order valence-corrected chi connectivity index (χ3v) is 5.87. The number of para-hydroxylation sites is 1. The summed E-state index contributed by atoms with van der Waals surface area (Å²) in [4.78, 5) is 12.5. The number of ether oxygens (including phenoxy) is 1. The number of amides is 1. The Balaban J connectivity index is 1.78. The fraction of sp³-hybridized carbons (Fsp3) is 0.136. The lowest BCUT2D eigenvalue weighted by Gasteiger charge is -2.13. The van der Waals surface area contributed by atoms with Gasteiger partial charge in [0.05, 0.1) is 4.90 Å². The number of carbonyl (C=O) groups excluding carboxylic acids is 1. The zero-order valence-electron chi connectivity index (χ0n) is 16.8. The summed E-state index contributed by atoms with van der Waals surface area (Å²) in [7, 11) is -4.04. The summed E-state index contributed by atoms with van der Waals surface area (Å²) in [5.41, 5.74) is 1.11. The minimum absolute atomic E-state index is 0.0700. The zero-order valence-corrected chi connectivity index (χ0v) is 17.6. The van der Waals surface area contributed by atoms with Crippen LogP contribution in [0.2, 0.25) is 0 Å². The maximum Gasteiger partial charge on any atom is 0.387 e. The second-order valence-corrected chi connectivity index (χ2v) is 8.44. The lowest BCUT2D eigenvalue weighted by molar-refractivity contribution is -0.0504. The lowest BCUT2D eigenvalue weighted by Crippen LogP contribution is -2.24. The summed E-state index contributed by atoms with van der Waals surface area (Å²) in [6.07, 6.45) is 0. The average Bonchev–Trinajstić information content (AvgIpc) is 2.74. The van der Waals surface area contributed by atoms with Gasteiger partial charge < -0.3 is 10.1 Å². The van der Waals surface area contributed by atoms with E-state index in [0.29, 0.717) is 11.1 Å². The Morgan fingerprint density at radius 2 is 1.72 bits per heavy atom. The molecule has 2 N–H and O–H groups in total. The van der Waals surface area contributed by atoms with Gasteiger partial charge >= 0.3 is 6.61 Å². The van der Waals surface area contributed by atoms with E-state index in [1.54, 1.807) is 13.0 Å². The molecule has 0 atom stereocenters. The first-order valence-electron chi connectivity index (χ1n) is 9.35. The Kier molecular flexibility index (Phi) is 7.04. The lowest BCUT2D eigenvalue weighted by atomic mass is 10.1. The molecule has 0 bridgehead atoms. The van der Waals surface area contributed by atoms with Gasteiger partial charge in [0.2, 0.25) is 0 Å². The second-order valence-electron chi connectivity index (χ2n) is 6.76. The molecule has 0 spiro atoms. The Hall–Kier alpha value is -3.53. The highest BCUT2D eigenvalue weighted by Crippen LogP contribution is 2.22. The summed E-state index contributed by atoms with van der Waals surface area (Å²) in [6.45, 7) is -1.48. The molecule has 32 heavy (non-hydrogen) atoms. The summed E-state index contributed by atoms with van der Waals surface area (Å²) in [6, 6.07) is 14.8. The Labute approximate surface area is 183 Å². The molecule has 3 aromatic rings. The predicted octanol–water partition coefficient (Wildman–Crippen LogP) is 4.47. The van der Waals surface area contributed by atoms with Crippen LogP contribution in [0, 0.1) is 12.7 Å². The van der Waals surface area contributed by atoms with Crippen LogP contribution < -0.4 is 14.8 Å². The van der Waals surface area contributed by atoms with E-state index < -0.39 is 28.4 Å². The second kappa shape index (κ2) is 9.73. The van der Waals surface area contributed by atoms with Gasteiger partial charge in [-0.05, 0) is 55.0 Å². The molecule has 6 nitrogen and oxygen atoms in total. The van der Waals surface area contributed by atoms with Crippen LogP contribution >= 0.6 is 0 Å². The molecule has 168 valence electrons. The van der Waals surface area contributed by atoms with Crippen LogP contribution in [0.15, 0.2) is 71.6 Å². The van der Waals surface area contributed by atoms with Crippen molar-refractivity contribution in [2.75, 3.05) is 4.72 Å². The van der Waals surface area contributed by atoms with Crippen molar-refractivity contribution in [3.63, 3.8) is 0 Å². The first kappa shape index (κ1) is 23.1. The van der Waals surface area contributed by atoms with Crippen LogP contribution in [0.1, 0.15) is 21.5 Å². The minimum Gasteiger partial charge on any atom is -0.434 e. The van der Waals surface area contributed by atoms with Crippen molar-refractivity contribution in [1.29, 1.82) is 0 Å². The summed E-state index contributed by atoms with van der Waals surface area (Å²) >= 11 is 0. The highest BCUT2D eigenvalue weighted by Gasteiger charge is 2.19. The number of hydrogen-bond acceptors (Lipinski definition) is 4. The van der Waals surface area contributed by atoms with Crippen molar-refractivity contribution in [3.8, 4) is 5.75 Å². The Morgan fingerprint density at radius 3 is 2.41 bits per heavy atom. The number of sulfonamides is 1. The third kappa shape index (κ3) is 5.79. The van der Waals surface area contributed by atoms with Gasteiger partial charge in [0.15, 0.2) is 0 Å². The Morgan fingerprint density at radius 1 is 1.03 bits per heavy atom. The number of aryl methyl sites for hydroxylation is 1. The molecular formula is C22H19F3N2O4S. The normalized spacial score (nSPS) is 11.3. The maximum absolute atomic E-state index is 13.0. The molecule has 0 aliphatic rings. The fourth-order valence-corrected chi connectivity index (χ4v) is 3.96. The number of carbonyl (C=O) groups is 1. The smallest absolute Gasteiger partial charge is 0.387 e. The van der Waals surface area contributed by atoms with Gasteiger partial charge in [-0.25, -0.2) is 12.8 Å². The third-order valence-electron chi connectivity index (χ3n) is 4.49. The van der Waals surface area contributed by atoms with E-state index in [4.69, 9.17) is 0 Å². The molecule has 3 aromatic carbocycles. The van der Waals surface area contributed by atoms with E-state index in [1.165, 1.54) is 48.5 Å². The first-order chi connectivity index (χ1) is 15.2. The Bertz CT molecular complexity index is 1220. The molecule has 0 unspecified atom stereocenters. The zero-order chi connectivity index (χ0) is 23.3. The molecule has 0 saturated carbocycles. The van der Waals surface area contributed by atoms with Crippen LogP contribution in [0.3, 0.4) is 0 Å². The molecule has 0 aliphatic carbocycles. The van der Waals surface area contributed by atoms with Crippen molar-refractivity contribution in [1.82, 2.24) is 5.32 Å². The molecule has 0 fully saturated rings. The molecule has 0 radical (unpaired) electrons. The molecule has 0 saturated heterocycles. The van der Waals surface area contributed by atoms with Crippen LogP contribution in [0.25, 0.3) is 0 Å². The van der Waals surface area contributed by atoms with Gasteiger partial charge in [-0.15, -0.1) is 0 Å². The van der Waals surface area contributed by atoms with Crippen molar-refractivity contribution in [2.45, 2.75) is 25.0 Å². The minimum atomic E-state index is -4.04. The number of nitrogens with one attached hydrogen (secondary N) is 2. The topological polar surface area (TPSA) is 84.5 Å². The van der Waals surface area contributed by atoms with E-state index in [0.717, 1.165) is 12.1 Å². The summed E-state index contributed by atoms with van der Waals surface area (Å²) in [5.74, 6) is -1.17. The highest BCUT2D eigenvalue weighted by molar-refractivity contribution is 7.92. The SMILES string of the molecule is Cc1ccc(S(=O)(=O)Nc2ccc(F)cc2)cc1C(=O)NCc1ccccc1OC(F)F. The van der Waals surface area contributed by atoms with Crippen molar-refractivity contribution < 1.29 is 31.1 Å². The van der Waals surface area contributed by atoms with E-state index in [9.17, 15) is 26.4 Å². The van der Waals surface area contributed by atoms with Gasteiger partial charge in [-0.2, -0.15) is 8.78 Å². The van der Waals surface area contributed by atoms with Crippen LogP contribution in [0.5, 0.6) is 5.75 Å². The van der Waals surface area contributed by atoms with E-state index in [-0.39, 0.29) is 28.4 Å². The number of anilines is 1. The van der Waals surface area contributed by atoms with E-state index >= 15 is 0 Å². The molecule has 0 heterocycles. The molecular weight excluding hydrogens is 445 g/mol. The standard InChI is InChI=1S/C22H19F3N2O4S/c1-14-6-11-18(32(29,30)27-17-9-7-16(23)8-10-17)12-19(14)21(28)26-13-15-4-2-3-5-20(15)31-22(24)25/h2-12,22,27H,13H2,1H3,(H,26,28). The molecule has 3 rings (SSSR count). The molecule has 0 aromatic heterocycles. The van der Waals surface area contributed by atoms with E-state index in [2.05, 4.69) is 14.8 Å². The predicted molar refractivity (Wildman–Crippen MR) is 113 cm³/mol. The monoisotopic (exact) mass is 464 g/mol. The van der Waals surface area contributed by atoms with E-state index in [1.807, 2.05) is 0 Å².